The van der Waals surface area contributed by atoms with Gasteiger partial charge in [0.25, 0.3) is 0 Å². The van der Waals surface area contributed by atoms with Crippen molar-refractivity contribution in [2.24, 2.45) is 0 Å². The molecule has 0 bridgehead atoms. The maximum Gasteiger partial charge on any atom is 0.211 e. The first-order valence-electron chi connectivity index (χ1n) is 3.03. The van der Waals surface area contributed by atoms with E-state index in [1.54, 1.807) is 0 Å². The van der Waals surface area contributed by atoms with Crippen LogP contribution in [0.5, 0.6) is 5.75 Å². The zero-order chi connectivity index (χ0) is 9.14. The van der Waals surface area contributed by atoms with Gasteiger partial charge in [0.15, 0.2) is 5.75 Å². The van der Waals surface area contributed by atoms with Gasteiger partial charge in [0, 0.05) is 5.02 Å². The largest absolute Gasteiger partial charge is 0.504 e. The van der Waals surface area contributed by atoms with Crippen molar-refractivity contribution < 1.29 is 9.90 Å². The van der Waals surface area contributed by atoms with E-state index in [1.165, 1.54) is 12.1 Å². The van der Waals surface area contributed by atoms with E-state index in [-0.39, 0.29) is 16.5 Å². The van der Waals surface area contributed by atoms with E-state index in [9.17, 15) is 9.90 Å². The third kappa shape index (κ3) is 1.81. The number of rotatable bonds is 2. The van der Waals surface area contributed by atoms with E-state index >= 15 is 0 Å². The molecule has 1 rings (SSSR count). The fraction of sp³-hybridized carbons (Fsp3) is 0. The van der Waals surface area contributed by atoms with Gasteiger partial charge >= 0.3 is 0 Å². The topological polar surface area (TPSA) is 49.3 Å². The molecule has 1 aromatic rings. The molecule has 0 atom stereocenters. The Hall–Kier alpha value is -0.930. The lowest BCUT2D eigenvalue weighted by atomic mass is 10.3. The van der Waals surface area contributed by atoms with Crippen LogP contribution in [-0.4, -0.2) is 11.5 Å². The Bertz CT molecular complexity index is 315. The number of anilines is 1. The average Bonchev–Trinajstić information content (AvgIpc) is 2.00. The summed E-state index contributed by atoms with van der Waals surface area (Å²) in [6.07, 6.45) is 0.432. The Labute approximate surface area is 78.9 Å². The molecule has 12 heavy (non-hydrogen) atoms. The second-order valence-corrected chi connectivity index (χ2v) is 2.89. The van der Waals surface area contributed by atoms with Crippen LogP contribution in [0.1, 0.15) is 0 Å². The maximum atomic E-state index is 10.0. The predicted molar refractivity (Wildman–Crippen MR) is 47.8 cm³/mol. The molecule has 1 amide bonds. The van der Waals surface area contributed by atoms with Crippen LogP contribution in [0.25, 0.3) is 0 Å². The maximum absolute atomic E-state index is 10.0. The minimum atomic E-state index is -0.187. The van der Waals surface area contributed by atoms with E-state index in [0.717, 1.165) is 0 Å². The Morgan fingerprint density at radius 3 is 2.67 bits per heavy atom. The molecule has 5 heteroatoms. The highest BCUT2D eigenvalue weighted by Crippen LogP contribution is 2.34. The van der Waals surface area contributed by atoms with Crippen LogP contribution < -0.4 is 5.32 Å². The predicted octanol–water partition coefficient (Wildman–Crippen LogP) is 2.27. The fourth-order valence-electron chi connectivity index (χ4n) is 0.739. The van der Waals surface area contributed by atoms with Gasteiger partial charge in [0.1, 0.15) is 0 Å². The molecule has 1 aromatic carbocycles. The fourth-order valence-corrected chi connectivity index (χ4v) is 1.23. The molecule has 0 aliphatic rings. The zero-order valence-electron chi connectivity index (χ0n) is 5.84. The number of halogens is 2. The normalized spacial score (nSPS) is 9.50. The monoisotopic (exact) mass is 205 g/mol. The van der Waals surface area contributed by atoms with E-state index in [2.05, 4.69) is 5.32 Å². The summed E-state index contributed by atoms with van der Waals surface area (Å²) < 4.78 is 0. The van der Waals surface area contributed by atoms with Gasteiger partial charge in [-0.25, -0.2) is 0 Å². The van der Waals surface area contributed by atoms with E-state index < -0.39 is 0 Å². The first-order valence-corrected chi connectivity index (χ1v) is 3.79. The molecular weight excluding hydrogens is 201 g/mol. The van der Waals surface area contributed by atoms with Crippen LogP contribution in [0.4, 0.5) is 5.69 Å². The van der Waals surface area contributed by atoms with Crippen LogP contribution >= 0.6 is 23.2 Å². The number of phenols is 1. The smallest absolute Gasteiger partial charge is 0.211 e. The van der Waals surface area contributed by atoms with Gasteiger partial charge in [0.05, 0.1) is 10.7 Å². The third-order valence-corrected chi connectivity index (χ3v) is 1.75. The number of nitrogens with one attached hydrogen (secondary N) is 1. The Morgan fingerprint density at radius 2 is 2.08 bits per heavy atom. The SMILES string of the molecule is O=CNc1cc(Cl)cc(Cl)c1O. The summed E-state index contributed by atoms with van der Waals surface area (Å²) >= 11 is 11.2. The summed E-state index contributed by atoms with van der Waals surface area (Å²) in [4.78, 5) is 10.0. The lowest BCUT2D eigenvalue weighted by Gasteiger charge is -2.04. The minimum absolute atomic E-state index is 0.104. The molecule has 3 nitrogen and oxygen atoms in total. The standard InChI is InChI=1S/C7H5Cl2NO2/c8-4-1-5(9)7(12)6(2-4)10-3-11/h1-3,12H,(H,10,11). The molecule has 0 radical (unpaired) electrons. The first-order chi connectivity index (χ1) is 5.65. The highest BCUT2D eigenvalue weighted by molar-refractivity contribution is 6.36. The summed E-state index contributed by atoms with van der Waals surface area (Å²) in [6, 6.07) is 2.78. The zero-order valence-corrected chi connectivity index (χ0v) is 7.36. The van der Waals surface area contributed by atoms with Crippen molar-refractivity contribution in [3.05, 3.63) is 22.2 Å². The summed E-state index contributed by atoms with van der Waals surface area (Å²) in [5.74, 6) is -0.187. The van der Waals surface area contributed by atoms with Crippen molar-refractivity contribution >= 4 is 35.3 Å². The van der Waals surface area contributed by atoms with Gasteiger partial charge in [0.2, 0.25) is 6.41 Å². The molecule has 0 aliphatic carbocycles. The second kappa shape index (κ2) is 3.65. The Kier molecular flexibility index (Phi) is 2.78. The van der Waals surface area contributed by atoms with E-state index in [4.69, 9.17) is 23.2 Å². The molecule has 0 aromatic heterocycles. The molecule has 64 valence electrons. The quantitative estimate of drug-likeness (QED) is 0.575. The van der Waals surface area contributed by atoms with E-state index in [1.807, 2.05) is 0 Å². The first kappa shape index (κ1) is 9.16. The minimum Gasteiger partial charge on any atom is -0.504 e. The van der Waals surface area contributed by atoms with Crippen LogP contribution in [0.15, 0.2) is 12.1 Å². The van der Waals surface area contributed by atoms with Crippen molar-refractivity contribution in [2.75, 3.05) is 5.32 Å². The highest BCUT2D eigenvalue weighted by Gasteiger charge is 2.06. The Morgan fingerprint density at radius 1 is 1.42 bits per heavy atom. The molecule has 2 N–H and O–H groups in total. The average molecular weight is 206 g/mol. The van der Waals surface area contributed by atoms with Crippen molar-refractivity contribution in [1.29, 1.82) is 0 Å². The highest BCUT2D eigenvalue weighted by atomic mass is 35.5. The van der Waals surface area contributed by atoms with Crippen molar-refractivity contribution in [2.45, 2.75) is 0 Å². The van der Waals surface area contributed by atoms with Gasteiger partial charge in [-0.05, 0) is 12.1 Å². The summed E-state index contributed by atoms with van der Waals surface area (Å²) in [5.41, 5.74) is 0.197. The van der Waals surface area contributed by atoms with Crippen molar-refractivity contribution in [3.63, 3.8) is 0 Å². The van der Waals surface area contributed by atoms with Crippen LogP contribution in [0.2, 0.25) is 10.0 Å². The van der Waals surface area contributed by atoms with Gasteiger partial charge in [-0.15, -0.1) is 0 Å². The molecule has 0 saturated heterocycles. The molecule has 0 heterocycles. The lowest BCUT2D eigenvalue weighted by molar-refractivity contribution is -0.105. The second-order valence-electron chi connectivity index (χ2n) is 2.05. The third-order valence-electron chi connectivity index (χ3n) is 1.24. The van der Waals surface area contributed by atoms with Gasteiger partial charge in [-0.2, -0.15) is 0 Å². The number of carbonyl (C=O) groups excluding carboxylic acids is 1. The van der Waals surface area contributed by atoms with Gasteiger partial charge in [-0.1, -0.05) is 23.2 Å². The van der Waals surface area contributed by atoms with Crippen LogP contribution in [-0.2, 0) is 4.79 Å². The molecule has 0 unspecified atom stereocenters. The number of amides is 1. The number of benzene rings is 1. The van der Waals surface area contributed by atoms with Gasteiger partial charge < -0.3 is 10.4 Å². The summed E-state index contributed by atoms with van der Waals surface area (Å²) in [7, 11) is 0. The molecule has 0 saturated carbocycles. The van der Waals surface area contributed by atoms with Gasteiger partial charge in [-0.3, -0.25) is 4.79 Å². The Balaban J connectivity index is 3.17. The summed E-state index contributed by atoms with van der Waals surface area (Å²) in [6.45, 7) is 0. The lowest BCUT2D eigenvalue weighted by Crippen LogP contribution is -1.93. The van der Waals surface area contributed by atoms with Crippen molar-refractivity contribution in [1.82, 2.24) is 0 Å². The molecular formula is C7H5Cl2NO2. The van der Waals surface area contributed by atoms with E-state index in [0.29, 0.717) is 11.4 Å². The number of hydrogen-bond donors (Lipinski definition) is 2. The molecule has 0 aliphatic heterocycles. The van der Waals surface area contributed by atoms with Crippen LogP contribution in [0.3, 0.4) is 0 Å². The van der Waals surface area contributed by atoms with Crippen molar-refractivity contribution in [3.8, 4) is 5.75 Å². The molecule has 0 spiro atoms. The number of aromatic hydroxyl groups is 1. The number of carbonyl (C=O) groups is 1. The van der Waals surface area contributed by atoms with Crippen LogP contribution in [0, 0.1) is 0 Å². The summed E-state index contributed by atoms with van der Waals surface area (Å²) in [5, 5.41) is 12.0. The number of hydrogen-bond acceptors (Lipinski definition) is 2. The molecule has 0 fully saturated rings. The number of phenolic OH excluding ortho intramolecular Hbond substituents is 1.